The molecule has 1 saturated heterocycles. The predicted molar refractivity (Wildman–Crippen MR) is 80.0 cm³/mol. The van der Waals surface area contributed by atoms with Crippen LogP contribution in [-0.2, 0) is 0 Å². The molecule has 19 heavy (non-hydrogen) atoms. The summed E-state index contributed by atoms with van der Waals surface area (Å²) in [6.45, 7) is 3.89. The minimum Gasteiger partial charge on any atom is -0.497 e. The maximum absolute atomic E-state index is 12.3. The van der Waals surface area contributed by atoms with Crippen molar-refractivity contribution in [3.05, 3.63) is 29.8 Å². The maximum Gasteiger partial charge on any atom is 0.253 e. The summed E-state index contributed by atoms with van der Waals surface area (Å²) in [6, 6.07) is 7.34. The third-order valence-corrected chi connectivity index (χ3v) is 4.56. The standard InChI is InChI=1S/C15H20BrNO2/c1-11(16)12-7-9-17(10-8-12)15(18)13-3-5-14(19-2)6-4-13/h3-6,11-12H,7-10H2,1-2H3. The number of benzene rings is 1. The summed E-state index contributed by atoms with van der Waals surface area (Å²) in [7, 11) is 1.63. The molecule has 0 spiro atoms. The van der Waals surface area contributed by atoms with Crippen LogP contribution in [0.3, 0.4) is 0 Å². The largest absolute Gasteiger partial charge is 0.497 e. The number of nitrogens with zero attached hydrogens (tertiary/aromatic N) is 1. The van der Waals surface area contributed by atoms with Crippen molar-refractivity contribution >= 4 is 21.8 Å². The van der Waals surface area contributed by atoms with Crippen molar-refractivity contribution in [1.82, 2.24) is 4.90 Å². The molecule has 0 N–H and O–H groups in total. The van der Waals surface area contributed by atoms with Crippen LogP contribution in [0.15, 0.2) is 24.3 Å². The second-order valence-corrected chi connectivity index (χ2v) is 6.48. The zero-order valence-electron chi connectivity index (χ0n) is 11.4. The van der Waals surface area contributed by atoms with E-state index in [1.54, 1.807) is 7.11 Å². The first-order valence-corrected chi connectivity index (χ1v) is 7.60. The van der Waals surface area contributed by atoms with E-state index < -0.39 is 0 Å². The van der Waals surface area contributed by atoms with Gasteiger partial charge in [-0.3, -0.25) is 4.79 Å². The van der Waals surface area contributed by atoms with Crippen LogP contribution in [0.2, 0.25) is 0 Å². The maximum atomic E-state index is 12.3. The second kappa shape index (κ2) is 6.42. The fraction of sp³-hybridized carbons (Fsp3) is 0.533. The minimum absolute atomic E-state index is 0.128. The number of hydrogen-bond donors (Lipinski definition) is 0. The number of likely N-dealkylation sites (tertiary alicyclic amines) is 1. The molecule has 0 aromatic heterocycles. The van der Waals surface area contributed by atoms with Crippen molar-refractivity contribution in [2.24, 2.45) is 5.92 Å². The number of methoxy groups -OCH3 is 1. The van der Waals surface area contributed by atoms with Gasteiger partial charge in [-0.15, -0.1) is 0 Å². The Labute approximate surface area is 123 Å². The van der Waals surface area contributed by atoms with E-state index in [-0.39, 0.29) is 5.91 Å². The number of piperidine rings is 1. The molecular formula is C15H20BrNO2. The van der Waals surface area contributed by atoms with Gasteiger partial charge in [-0.05, 0) is 43.0 Å². The molecule has 1 amide bonds. The molecular weight excluding hydrogens is 306 g/mol. The lowest BCUT2D eigenvalue weighted by Crippen LogP contribution is -2.39. The van der Waals surface area contributed by atoms with E-state index in [0.717, 1.165) is 37.2 Å². The summed E-state index contributed by atoms with van der Waals surface area (Å²) < 4.78 is 5.10. The summed E-state index contributed by atoms with van der Waals surface area (Å²) >= 11 is 3.64. The van der Waals surface area contributed by atoms with E-state index in [1.165, 1.54) is 0 Å². The number of ether oxygens (including phenoxy) is 1. The average Bonchev–Trinajstić information content (AvgIpc) is 2.46. The molecule has 0 saturated carbocycles. The first-order chi connectivity index (χ1) is 9.11. The molecule has 1 atom stereocenters. The molecule has 2 rings (SSSR count). The highest BCUT2D eigenvalue weighted by Gasteiger charge is 2.25. The molecule has 1 fully saturated rings. The number of rotatable bonds is 3. The van der Waals surface area contributed by atoms with E-state index in [1.807, 2.05) is 29.2 Å². The fourth-order valence-corrected chi connectivity index (χ4v) is 3.01. The molecule has 1 heterocycles. The van der Waals surface area contributed by atoms with Crippen molar-refractivity contribution in [1.29, 1.82) is 0 Å². The Morgan fingerprint density at radius 3 is 2.37 bits per heavy atom. The number of hydrogen-bond acceptors (Lipinski definition) is 2. The van der Waals surface area contributed by atoms with Crippen LogP contribution in [0, 0.1) is 5.92 Å². The summed E-state index contributed by atoms with van der Waals surface area (Å²) in [4.78, 5) is 14.8. The van der Waals surface area contributed by atoms with Gasteiger partial charge >= 0.3 is 0 Å². The number of alkyl halides is 1. The van der Waals surface area contributed by atoms with Crippen LogP contribution in [-0.4, -0.2) is 35.8 Å². The second-order valence-electron chi connectivity index (χ2n) is 5.04. The van der Waals surface area contributed by atoms with Gasteiger partial charge in [0.2, 0.25) is 0 Å². The number of carbonyl (C=O) groups is 1. The summed E-state index contributed by atoms with van der Waals surface area (Å²) in [5.74, 6) is 1.59. The predicted octanol–water partition coefficient (Wildman–Crippen LogP) is 3.33. The zero-order chi connectivity index (χ0) is 13.8. The first-order valence-electron chi connectivity index (χ1n) is 6.69. The number of carbonyl (C=O) groups excluding carboxylic acids is 1. The van der Waals surface area contributed by atoms with Gasteiger partial charge < -0.3 is 9.64 Å². The van der Waals surface area contributed by atoms with E-state index >= 15 is 0 Å². The van der Waals surface area contributed by atoms with Gasteiger partial charge in [0.05, 0.1) is 7.11 Å². The molecule has 1 aliphatic heterocycles. The van der Waals surface area contributed by atoms with Crippen molar-refractivity contribution in [2.75, 3.05) is 20.2 Å². The van der Waals surface area contributed by atoms with E-state index in [9.17, 15) is 4.79 Å². The van der Waals surface area contributed by atoms with Gasteiger partial charge in [0.25, 0.3) is 5.91 Å². The Morgan fingerprint density at radius 2 is 1.89 bits per heavy atom. The van der Waals surface area contributed by atoms with Gasteiger partial charge in [0.1, 0.15) is 5.75 Å². The molecule has 104 valence electrons. The zero-order valence-corrected chi connectivity index (χ0v) is 13.0. The third kappa shape index (κ3) is 3.50. The third-order valence-electron chi connectivity index (χ3n) is 3.81. The van der Waals surface area contributed by atoms with Gasteiger partial charge in [0, 0.05) is 23.5 Å². The molecule has 1 aliphatic rings. The van der Waals surface area contributed by atoms with Crippen molar-refractivity contribution in [3.63, 3.8) is 0 Å². The number of amides is 1. The lowest BCUT2D eigenvalue weighted by molar-refractivity contribution is 0.0691. The van der Waals surface area contributed by atoms with Crippen molar-refractivity contribution in [2.45, 2.75) is 24.6 Å². The highest BCUT2D eigenvalue weighted by molar-refractivity contribution is 9.09. The van der Waals surface area contributed by atoms with Gasteiger partial charge in [0.15, 0.2) is 0 Å². The quantitative estimate of drug-likeness (QED) is 0.798. The minimum atomic E-state index is 0.128. The average molecular weight is 326 g/mol. The summed E-state index contributed by atoms with van der Waals surface area (Å²) in [5.41, 5.74) is 0.742. The van der Waals surface area contributed by atoms with Crippen LogP contribution in [0.4, 0.5) is 0 Å². The monoisotopic (exact) mass is 325 g/mol. The summed E-state index contributed by atoms with van der Waals surface area (Å²) in [5, 5.41) is 0. The topological polar surface area (TPSA) is 29.5 Å². The van der Waals surface area contributed by atoms with Gasteiger partial charge in [-0.2, -0.15) is 0 Å². The van der Waals surface area contributed by atoms with Crippen LogP contribution in [0.5, 0.6) is 5.75 Å². The van der Waals surface area contributed by atoms with Gasteiger partial charge in [-0.1, -0.05) is 22.9 Å². The highest BCUT2D eigenvalue weighted by Crippen LogP contribution is 2.26. The van der Waals surface area contributed by atoms with Crippen LogP contribution >= 0.6 is 15.9 Å². The normalized spacial score (nSPS) is 18.2. The Balaban J connectivity index is 1.97. The molecule has 1 aromatic rings. The Bertz CT molecular complexity index is 422. The van der Waals surface area contributed by atoms with E-state index in [2.05, 4.69) is 22.9 Å². The Morgan fingerprint density at radius 1 is 1.32 bits per heavy atom. The molecule has 4 heteroatoms. The highest BCUT2D eigenvalue weighted by atomic mass is 79.9. The number of halogens is 1. The molecule has 0 radical (unpaired) electrons. The molecule has 0 aliphatic carbocycles. The van der Waals surface area contributed by atoms with Crippen LogP contribution in [0.1, 0.15) is 30.1 Å². The Kier molecular flexibility index (Phi) is 4.86. The van der Waals surface area contributed by atoms with E-state index in [0.29, 0.717) is 10.7 Å². The van der Waals surface area contributed by atoms with Crippen LogP contribution in [0.25, 0.3) is 0 Å². The fourth-order valence-electron chi connectivity index (χ4n) is 2.48. The molecule has 1 unspecified atom stereocenters. The van der Waals surface area contributed by atoms with Crippen LogP contribution < -0.4 is 4.74 Å². The smallest absolute Gasteiger partial charge is 0.253 e. The molecule has 0 bridgehead atoms. The van der Waals surface area contributed by atoms with Crippen molar-refractivity contribution < 1.29 is 9.53 Å². The molecule has 3 nitrogen and oxygen atoms in total. The first kappa shape index (κ1) is 14.4. The lowest BCUT2D eigenvalue weighted by atomic mass is 9.94. The van der Waals surface area contributed by atoms with Gasteiger partial charge in [-0.25, -0.2) is 0 Å². The SMILES string of the molecule is COc1ccc(C(=O)N2CCC(C(C)Br)CC2)cc1. The Hall–Kier alpha value is -1.03. The van der Waals surface area contributed by atoms with E-state index in [4.69, 9.17) is 4.74 Å². The lowest BCUT2D eigenvalue weighted by Gasteiger charge is -2.33. The summed E-state index contributed by atoms with van der Waals surface area (Å²) in [6.07, 6.45) is 2.16. The van der Waals surface area contributed by atoms with Crippen molar-refractivity contribution in [3.8, 4) is 5.75 Å². The molecule has 1 aromatic carbocycles.